The number of halogens is 1. The molecule has 0 radical (unpaired) electrons. The molecule has 0 aliphatic carbocycles. The maximum Gasteiger partial charge on any atom is 0.258 e. The number of aromatic nitrogens is 1. The monoisotopic (exact) mass is 469 g/mol. The third-order valence-corrected chi connectivity index (χ3v) is 7.29. The Morgan fingerprint density at radius 2 is 2.07 bits per heavy atom. The Morgan fingerprint density at radius 1 is 1.30 bits per heavy atom. The van der Waals surface area contributed by atoms with Crippen LogP contribution in [0.1, 0.15) is 26.7 Å². The van der Waals surface area contributed by atoms with Gasteiger partial charge in [-0.05, 0) is 43.9 Å². The van der Waals surface area contributed by atoms with Crippen LogP contribution >= 0.6 is 34.7 Å². The molecule has 0 N–H and O–H groups in total. The zero-order chi connectivity index (χ0) is 21.5. The number of benzene rings is 1. The molecule has 1 saturated heterocycles. The highest BCUT2D eigenvalue weighted by Crippen LogP contribution is 2.22. The number of likely N-dealkylation sites (tertiary alicyclic amines) is 1. The molecule has 1 aromatic heterocycles. The lowest BCUT2D eigenvalue weighted by Gasteiger charge is -2.30. The Morgan fingerprint density at radius 3 is 2.80 bits per heavy atom. The number of hydrogen-bond acceptors (Lipinski definition) is 5. The molecule has 2 aromatic rings. The van der Waals surface area contributed by atoms with Gasteiger partial charge in [0.2, 0.25) is 5.91 Å². The average Bonchev–Trinajstić information content (AvgIpc) is 3.04. The van der Waals surface area contributed by atoms with E-state index in [-0.39, 0.29) is 17.6 Å². The van der Waals surface area contributed by atoms with Crippen LogP contribution in [0.2, 0.25) is 5.02 Å². The van der Waals surface area contributed by atoms with Crippen LogP contribution in [-0.4, -0.2) is 59.1 Å². The quantitative estimate of drug-likeness (QED) is 0.551. The van der Waals surface area contributed by atoms with Gasteiger partial charge in [0.15, 0.2) is 4.80 Å². The summed E-state index contributed by atoms with van der Waals surface area (Å²) in [4.78, 5) is 31.7. The van der Waals surface area contributed by atoms with Crippen LogP contribution in [0.4, 0.5) is 0 Å². The van der Waals surface area contributed by atoms with E-state index in [4.69, 9.17) is 16.3 Å². The van der Waals surface area contributed by atoms with Crippen LogP contribution in [-0.2, 0) is 20.9 Å². The van der Waals surface area contributed by atoms with Crippen molar-refractivity contribution in [1.29, 1.82) is 0 Å². The van der Waals surface area contributed by atoms with Gasteiger partial charge < -0.3 is 14.2 Å². The molecule has 9 heteroatoms. The lowest BCUT2D eigenvalue weighted by Crippen LogP contribution is -2.39. The van der Waals surface area contributed by atoms with Gasteiger partial charge in [0, 0.05) is 31.3 Å². The molecule has 0 atom stereocenters. The van der Waals surface area contributed by atoms with Crippen molar-refractivity contribution >= 4 is 56.7 Å². The molecule has 3 rings (SSSR count). The first-order valence-electron chi connectivity index (χ1n) is 10.3. The molecule has 0 bridgehead atoms. The van der Waals surface area contributed by atoms with Gasteiger partial charge in [-0.2, -0.15) is 4.99 Å². The summed E-state index contributed by atoms with van der Waals surface area (Å²) < 4.78 is 8.45. The fourth-order valence-electron chi connectivity index (χ4n) is 3.36. The molecular weight excluding hydrogens is 442 g/mol. The van der Waals surface area contributed by atoms with Crippen LogP contribution in [0.25, 0.3) is 10.2 Å². The van der Waals surface area contributed by atoms with Gasteiger partial charge in [-0.1, -0.05) is 29.9 Å². The standard InChI is InChI=1S/C21H28ClN3O3S2/c1-3-28-11-10-25-17-5-4-16(22)12-18(17)30-21(25)23-19(26)13-29-14-20(27)24-8-6-15(2)7-9-24/h4-5,12,15H,3,6-11,13-14H2,1-2H3. The highest BCUT2D eigenvalue weighted by Gasteiger charge is 2.20. The molecule has 164 valence electrons. The molecule has 1 aliphatic rings. The summed E-state index contributed by atoms with van der Waals surface area (Å²) in [6.07, 6.45) is 2.12. The summed E-state index contributed by atoms with van der Waals surface area (Å²) in [7, 11) is 0. The number of thiazole rings is 1. The number of carbonyl (C=O) groups is 2. The molecule has 1 fully saturated rings. The Labute approximate surface area is 190 Å². The lowest BCUT2D eigenvalue weighted by atomic mass is 9.99. The fourth-order valence-corrected chi connectivity index (χ4v) is 5.41. The maximum absolute atomic E-state index is 12.5. The number of thioether (sulfide) groups is 1. The summed E-state index contributed by atoms with van der Waals surface area (Å²) in [6, 6.07) is 5.66. The average molecular weight is 470 g/mol. The first-order valence-corrected chi connectivity index (χ1v) is 12.6. The van der Waals surface area contributed by atoms with Crippen molar-refractivity contribution in [3.05, 3.63) is 28.0 Å². The summed E-state index contributed by atoms with van der Waals surface area (Å²) in [5, 5.41) is 0.653. The van der Waals surface area contributed by atoms with E-state index in [1.54, 1.807) is 0 Å². The summed E-state index contributed by atoms with van der Waals surface area (Å²) >= 11 is 8.89. The van der Waals surface area contributed by atoms with Crippen LogP contribution in [0, 0.1) is 5.92 Å². The molecule has 0 unspecified atom stereocenters. The topological polar surface area (TPSA) is 63.9 Å². The van der Waals surface area contributed by atoms with Crippen LogP contribution < -0.4 is 4.80 Å². The Bertz CT molecular complexity index is 949. The SMILES string of the molecule is CCOCCn1c(=NC(=O)CSCC(=O)N2CCC(C)CC2)sc2cc(Cl)ccc21. The number of carbonyl (C=O) groups excluding carboxylic acids is 2. The van der Waals surface area contributed by atoms with Crippen LogP contribution in [0.15, 0.2) is 23.2 Å². The van der Waals surface area contributed by atoms with Gasteiger partial charge in [-0.3, -0.25) is 9.59 Å². The number of ether oxygens (including phenoxy) is 1. The summed E-state index contributed by atoms with van der Waals surface area (Å²) in [5.74, 6) is 1.08. The first-order chi connectivity index (χ1) is 14.5. The normalized spacial score (nSPS) is 15.8. The highest BCUT2D eigenvalue weighted by atomic mass is 35.5. The molecular formula is C21H28ClN3O3S2. The predicted molar refractivity (Wildman–Crippen MR) is 124 cm³/mol. The van der Waals surface area contributed by atoms with E-state index >= 15 is 0 Å². The minimum atomic E-state index is -0.233. The molecule has 2 amide bonds. The molecule has 30 heavy (non-hydrogen) atoms. The Balaban J connectivity index is 1.64. The smallest absolute Gasteiger partial charge is 0.258 e. The number of hydrogen-bond donors (Lipinski definition) is 0. The van der Waals surface area contributed by atoms with Crippen molar-refractivity contribution < 1.29 is 14.3 Å². The highest BCUT2D eigenvalue weighted by molar-refractivity contribution is 8.00. The predicted octanol–water partition coefficient (Wildman–Crippen LogP) is 3.81. The fraction of sp³-hybridized carbons (Fsp3) is 0.571. The first kappa shape index (κ1) is 23.3. The van der Waals surface area contributed by atoms with Crippen molar-refractivity contribution in [3.63, 3.8) is 0 Å². The van der Waals surface area contributed by atoms with Crippen molar-refractivity contribution in [3.8, 4) is 0 Å². The van der Waals surface area contributed by atoms with Gasteiger partial charge in [0.25, 0.3) is 5.91 Å². The zero-order valence-corrected chi connectivity index (χ0v) is 19.8. The minimum Gasteiger partial charge on any atom is -0.380 e. The molecule has 6 nitrogen and oxygen atoms in total. The van der Waals surface area contributed by atoms with Gasteiger partial charge >= 0.3 is 0 Å². The second-order valence-corrected chi connectivity index (χ2v) is 9.84. The number of nitrogens with zero attached hydrogens (tertiary/aromatic N) is 3. The van der Waals surface area contributed by atoms with E-state index < -0.39 is 0 Å². The number of rotatable bonds is 8. The minimum absolute atomic E-state index is 0.114. The molecule has 2 heterocycles. The van der Waals surface area contributed by atoms with E-state index in [9.17, 15) is 9.59 Å². The van der Waals surface area contributed by atoms with Crippen LogP contribution in [0.3, 0.4) is 0 Å². The summed E-state index contributed by atoms with van der Waals surface area (Å²) in [6.45, 7) is 7.62. The van der Waals surface area contributed by atoms with E-state index in [1.807, 2.05) is 34.6 Å². The Hall–Kier alpha value is -1.35. The molecule has 1 aliphatic heterocycles. The van der Waals surface area contributed by atoms with Crippen molar-refractivity contribution in [2.75, 3.05) is 37.8 Å². The Kier molecular flexibility index (Phi) is 8.80. The number of piperidine rings is 1. The van der Waals surface area contributed by atoms with Gasteiger partial charge in [0.05, 0.1) is 28.3 Å². The molecule has 0 saturated carbocycles. The number of amides is 2. The number of fused-ring (bicyclic) bond motifs is 1. The lowest BCUT2D eigenvalue weighted by molar-refractivity contribution is -0.129. The maximum atomic E-state index is 12.5. The van der Waals surface area contributed by atoms with E-state index in [2.05, 4.69) is 11.9 Å². The second kappa shape index (κ2) is 11.3. The molecule has 0 spiro atoms. The van der Waals surface area contributed by atoms with E-state index in [1.165, 1.54) is 23.1 Å². The second-order valence-electron chi connectivity index (χ2n) is 7.41. The third kappa shape index (κ3) is 6.33. The molecule has 1 aromatic carbocycles. The zero-order valence-electron chi connectivity index (χ0n) is 17.4. The van der Waals surface area contributed by atoms with Crippen molar-refractivity contribution in [2.45, 2.75) is 33.2 Å². The van der Waals surface area contributed by atoms with E-state index in [0.29, 0.717) is 41.3 Å². The van der Waals surface area contributed by atoms with Crippen molar-refractivity contribution in [1.82, 2.24) is 9.47 Å². The van der Waals surface area contributed by atoms with Crippen molar-refractivity contribution in [2.24, 2.45) is 10.9 Å². The van der Waals surface area contributed by atoms with Gasteiger partial charge in [-0.15, -0.1) is 11.8 Å². The van der Waals surface area contributed by atoms with Gasteiger partial charge in [0.1, 0.15) is 0 Å². The van der Waals surface area contributed by atoms with Gasteiger partial charge in [-0.25, -0.2) is 0 Å². The summed E-state index contributed by atoms with van der Waals surface area (Å²) in [5.41, 5.74) is 0.984. The largest absolute Gasteiger partial charge is 0.380 e. The van der Waals surface area contributed by atoms with E-state index in [0.717, 1.165) is 36.1 Å². The third-order valence-electron chi connectivity index (χ3n) is 5.12. The van der Waals surface area contributed by atoms with Crippen LogP contribution in [0.5, 0.6) is 0 Å².